The number of hydrogen-bond acceptors (Lipinski definition) is 2. The Hall–Kier alpha value is -1.10. The van der Waals surface area contributed by atoms with E-state index in [2.05, 4.69) is 5.32 Å². The second-order valence-electron chi connectivity index (χ2n) is 2.54. The number of amides is 1. The van der Waals surface area contributed by atoms with Crippen LogP contribution in [0.1, 0.15) is 0 Å². The summed E-state index contributed by atoms with van der Waals surface area (Å²) >= 11 is 1.16. The van der Waals surface area contributed by atoms with Crippen molar-refractivity contribution in [1.29, 1.82) is 0 Å². The predicted molar refractivity (Wildman–Crippen MR) is 51.1 cm³/mol. The summed E-state index contributed by atoms with van der Waals surface area (Å²) in [5.41, 5.74) is 0. The van der Waals surface area contributed by atoms with Crippen LogP contribution < -0.4 is 5.32 Å². The van der Waals surface area contributed by atoms with Gasteiger partial charge in [-0.05, 0) is 18.2 Å². The van der Waals surface area contributed by atoms with Gasteiger partial charge < -0.3 is 5.32 Å². The van der Waals surface area contributed by atoms with E-state index in [-0.39, 0.29) is 11.7 Å². The summed E-state index contributed by atoms with van der Waals surface area (Å²) in [7, 11) is 1.52. The molecule has 0 saturated carbocycles. The third kappa shape index (κ3) is 2.99. The standard InChI is InChI=1S/C9H9F2NOS/c1-12-9(13)5-14-6-2-3-7(10)8(11)4-6/h2-4H,5H2,1H3,(H,12,13). The van der Waals surface area contributed by atoms with Crippen molar-refractivity contribution in [3.8, 4) is 0 Å². The highest BCUT2D eigenvalue weighted by Crippen LogP contribution is 2.19. The quantitative estimate of drug-likeness (QED) is 0.782. The van der Waals surface area contributed by atoms with E-state index >= 15 is 0 Å². The Morgan fingerprint density at radius 3 is 2.71 bits per heavy atom. The Labute approximate surface area is 84.7 Å². The number of thioether (sulfide) groups is 1. The second kappa shape index (κ2) is 4.95. The van der Waals surface area contributed by atoms with Crippen LogP contribution >= 0.6 is 11.8 Å². The summed E-state index contributed by atoms with van der Waals surface area (Å²) in [6.45, 7) is 0. The summed E-state index contributed by atoms with van der Waals surface area (Å²) < 4.78 is 25.2. The molecule has 2 nitrogen and oxygen atoms in total. The van der Waals surface area contributed by atoms with Gasteiger partial charge in [-0.15, -0.1) is 11.8 Å². The van der Waals surface area contributed by atoms with Crippen molar-refractivity contribution in [2.75, 3.05) is 12.8 Å². The summed E-state index contributed by atoms with van der Waals surface area (Å²) in [6.07, 6.45) is 0. The largest absolute Gasteiger partial charge is 0.358 e. The Morgan fingerprint density at radius 1 is 1.43 bits per heavy atom. The van der Waals surface area contributed by atoms with Crippen LogP contribution in [0, 0.1) is 11.6 Å². The van der Waals surface area contributed by atoms with Crippen molar-refractivity contribution in [3.63, 3.8) is 0 Å². The highest BCUT2D eigenvalue weighted by atomic mass is 32.2. The fourth-order valence-electron chi connectivity index (χ4n) is 0.788. The zero-order chi connectivity index (χ0) is 10.6. The molecule has 0 aliphatic heterocycles. The van der Waals surface area contributed by atoms with Crippen LogP contribution in [0.25, 0.3) is 0 Å². The number of hydrogen-bond donors (Lipinski definition) is 1. The molecule has 0 aromatic heterocycles. The fraction of sp³-hybridized carbons (Fsp3) is 0.222. The molecule has 0 saturated heterocycles. The van der Waals surface area contributed by atoms with Crippen molar-refractivity contribution >= 4 is 17.7 Å². The summed E-state index contributed by atoms with van der Waals surface area (Å²) in [5.74, 6) is -1.73. The molecule has 1 N–H and O–H groups in total. The fourth-order valence-corrected chi connectivity index (χ4v) is 1.58. The van der Waals surface area contributed by atoms with Gasteiger partial charge in [-0.1, -0.05) is 0 Å². The number of nitrogens with one attached hydrogen (secondary N) is 1. The first kappa shape index (κ1) is 11.0. The SMILES string of the molecule is CNC(=O)CSc1ccc(F)c(F)c1. The molecule has 0 fully saturated rings. The number of carbonyl (C=O) groups is 1. The van der Waals surface area contributed by atoms with Gasteiger partial charge in [0.05, 0.1) is 5.75 Å². The van der Waals surface area contributed by atoms with E-state index in [1.807, 2.05) is 0 Å². The van der Waals surface area contributed by atoms with E-state index in [9.17, 15) is 13.6 Å². The first-order valence-electron chi connectivity index (χ1n) is 3.92. The molecule has 1 rings (SSSR count). The summed E-state index contributed by atoms with van der Waals surface area (Å²) in [4.78, 5) is 11.4. The molecular formula is C9H9F2NOS. The molecule has 0 spiro atoms. The van der Waals surface area contributed by atoms with Gasteiger partial charge in [-0.2, -0.15) is 0 Å². The molecule has 1 aromatic carbocycles. The van der Waals surface area contributed by atoms with Crippen molar-refractivity contribution in [3.05, 3.63) is 29.8 Å². The van der Waals surface area contributed by atoms with Gasteiger partial charge in [0.1, 0.15) is 0 Å². The van der Waals surface area contributed by atoms with Crippen molar-refractivity contribution in [1.82, 2.24) is 5.32 Å². The van der Waals surface area contributed by atoms with Gasteiger partial charge in [-0.25, -0.2) is 8.78 Å². The summed E-state index contributed by atoms with van der Waals surface area (Å²) in [6, 6.07) is 3.55. The molecule has 1 aromatic rings. The van der Waals surface area contributed by atoms with Crippen LogP contribution in [0.15, 0.2) is 23.1 Å². The minimum absolute atomic E-state index is 0.153. The molecule has 0 aliphatic carbocycles. The maximum atomic E-state index is 12.7. The molecular weight excluding hydrogens is 208 g/mol. The molecule has 76 valence electrons. The minimum Gasteiger partial charge on any atom is -0.358 e. The van der Waals surface area contributed by atoms with E-state index in [1.165, 1.54) is 13.1 Å². The van der Waals surface area contributed by atoms with E-state index in [4.69, 9.17) is 0 Å². The van der Waals surface area contributed by atoms with E-state index in [0.717, 1.165) is 23.9 Å². The topological polar surface area (TPSA) is 29.1 Å². The highest BCUT2D eigenvalue weighted by molar-refractivity contribution is 8.00. The van der Waals surface area contributed by atoms with Crippen LogP contribution in [0.5, 0.6) is 0 Å². The first-order chi connectivity index (χ1) is 6.63. The molecule has 1 amide bonds. The lowest BCUT2D eigenvalue weighted by atomic mass is 10.3. The molecule has 5 heteroatoms. The van der Waals surface area contributed by atoms with E-state index in [0.29, 0.717) is 4.90 Å². The van der Waals surface area contributed by atoms with Crippen molar-refractivity contribution < 1.29 is 13.6 Å². The van der Waals surface area contributed by atoms with Gasteiger partial charge in [0.15, 0.2) is 11.6 Å². The number of benzene rings is 1. The highest BCUT2D eigenvalue weighted by Gasteiger charge is 2.04. The van der Waals surface area contributed by atoms with Crippen molar-refractivity contribution in [2.45, 2.75) is 4.90 Å². The van der Waals surface area contributed by atoms with Crippen LogP contribution in [-0.2, 0) is 4.79 Å². The Kier molecular flexibility index (Phi) is 3.88. The third-order valence-electron chi connectivity index (χ3n) is 1.54. The van der Waals surface area contributed by atoms with Gasteiger partial charge >= 0.3 is 0 Å². The Morgan fingerprint density at radius 2 is 2.14 bits per heavy atom. The van der Waals surface area contributed by atoms with Gasteiger partial charge in [0.25, 0.3) is 0 Å². The maximum Gasteiger partial charge on any atom is 0.230 e. The third-order valence-corrected chi connectivity index (χ3v) is 2.53. The number of carbonyl (C=O) groups excluding carboxylic acids is 1. The van der Waals surface area contributed by atoms with Crippen molar-refractivity contribution in [2.24, 2.45) is 0 Å². The van der Waals surface area contributed by atoms with Gasteiger partial charge in [-0.3, -0.25) is 4.79 Å². The second-order valence-corrected chi connectivity index (χ2v) is 3.59. The zero-order valence-corrected chi connectivity index (χ0v) is 8.33. The average Bonchev–Trinajstić information content (AvgIpc) is 2.19. The van der Waals surface area contributed by atoms with Gasteiger partial charge in [0.2, 0.25) is 5.91 Å². The molecule has 0 atom stereocenters. The van der Waals surface area contributed by atoms with Crippen LogP contribution in [0.2, 0.25) is 0 Å². The Balaban J connectivity index is 2.60. The smallest absolute Gasteiger partial charge is 0.230 e. The lowest BCUT2D eigenvalue weighted by molar-refractivity contribution is -0.118. The average molecular weight is 217 g/mol. The molecule has 0 aliphatic rings. The first-order valence-corrected chi connectivity index (χ1v) is 4.90. The monoisotopic (exact) mass is 217 g/mol. The molecule has 0 unspecified atom stereocenters. The molecule has 0 heterocycles. The molecule has 0 bridgehead atoms. The molecule has 0 radical (unpaired) electrons. The normalized spacial score (nSPS) is 9.93. The van der Waals surface area contributed by atoms with Crippen LogP contribution in [0.3, 0.4) is 0 Å². The summed E-state index contributed by atoms with van der Waals surface area (Å²) in [5, 5.41) is 2.43. The molecule has 14 heavy (non-hydrogen) atoms. The number of halogens is 2. The van der Waals surface area contributed by atoms with Gasteiger partial charge in [0, 0.05) is 11.9 Å². The maximum absolute atomic E-state index is 12.7. The lowest BCUT2D eigenvalue weighted by Crippen LogP contribution is -2.19. The number of rotatable bonds is 3. The zero-order valence-electron chi connectivity index (χ0n) is 7.51. The van der Waals surface area contributed by atoms with Crippen LogP contribution in [-0.4, -0.2) is 18.7 Å². The minimum atomic E-state index is -0.896. The predicted octanol–water partition coefficient (Wildman–Crippen LogP) is 1.80. The Bertz CT molecular complexity index is 344. The van der Waals surface area contributed by atoms with Crippen LogP contribution in [0.4, 0.5) is 8.78 Å². The lowest BCUT2D eigenvalue weighted by Gasteiger charge is -2.01. The van der Waals surface area contributed by atoms with E-state index in [1.54, 1.807) is 0 Å². The van der Waals surface area contributed by atoms with E-state index < -0.39 is 11.6 Å².